The van der Waals surface area contributed by atoms with Gasteiger partial charge in [-0.3, -0.25) is 0 Å². The zero-order chi connectivity index (χ0) is 37.5. The van der Waals surface area contributed by atoms with Gasteiger partial charge in [0, 0.05) is 48.3 Å². The number of thiophene rings is 1. The van der Waals surface area contributed by atoms with Crippen molar-refractivity contribution >= 4 is 97.5 Å². The van der Waals surface area contributed by atoms with Crippen molar-refractivity contribution in [1.29, 1.82) is 0 Å². The molecule has 9 aromatic carbocycles. The maximum Gasteiger partial charge on any atom is 0.0640 e. The van der Waals surface area contributed by atoms with Crippen LogP contribution in [0.1, 0.15) is 16.7 Å². The van der Waals surface area contributed by atoms with E-state index in [2.05, 4.69) is 215 Å². The summed E-state index contributed by atoms with van der Waals surface area (Å²) in [6.45, 7) is 0. The van der Waals surface area contributed by atoms with Crippen LogP contribution in [0.25, 0.3) is 97.6 Å². The second kappa shape index (κ2) is 12.7. The molecule has 266 valence electrons. The summed E-state index contributed by atoms with van der Waals surface area (Å²) in [6, 6.07) is 73.1. The Morgan fingerprint density at radius 1 is 0.404 bits per heavy atom. The molecule has 0 saturated heterocycles. The minimum absolute atomic E-state index is 1.16. The fraction of sp³-hybridized carbons (Fsp3) is 0. The number of hydrogen-bond donors (Lipinski definition) is 0. The molecular formula is C54H34N2S. The third-order valence-electron chi connectivity index (χ3n) is 11.7. The molecule has 0 fully saturated rings. The lowest BCUT2D eigenvalue weighted by Gasteiger charge is -2.11. The molecule has 0 bridgehead atoms. The number of nitrogens with zero attached hydrogens (tertiary/aromatic N) is 2. The zero-order valence-corrected chi connectivity index (χ0v) is 31.7. The minimum Gasteiger partial charge on any atom is -0.309 e. The van der Waals surface area contributed by atoms with Gasteiger partial charge in [-0.25, -0.2) is 0 Å². The molecule has 3 heteroatoms. The lowest BCUT2D eigenvalue weighted by molar-refractivity contribution is 1.18. The third-order valence-corrected chi connectivity index (χ3v) is 13.0. The minimum atomic E-state index is 1.16. The SMILES string of the molecule is C(=C(\c1ccccc1)c1cccc2c1sc1c(-n3c4ccccc4c4ccccc43)cccc12)/c1ccc2c(c1)c1c3ccccc3ccc1n2-c1ccccc1. The van der Waals surface area contributed by atoms with E-state index in [1.165, 1.54) is 103 Å². The van der Waals surface area contributed by atoms with E-state index in [1.54, 1.807) is 0 Å². The van der Waals surface area contributed by atoms with Crippen LogP contribution in [0.2, 0.25) is 0 Å². The summed E-state index contributed by atoms with van der Waals surface area (Å²) in [5.74, 6) is 0. The number of rotatable bonds is 5. The predicted molar refractivity (Wildman–Crippen MR) is 245 cm³/mol. The number of aromatic nitrogens is 2. The van der Waals surface area contributed by atoms with Gasteiger partial charge in [-0.05, 0) is 82.1 Å². The molecule has 0 aliphatic rings. The van der Waals surface area contributed by atoms with Crippen molar-refractivity contribution in [2.45, 2.75) is 0 Å². The molecule has 0 unspecified atom stereocenters. The highest BCUT2D eigenvalue weighted by Crippen LogP contribution is 2.45. The van der Waals surface area contributed by atoms with Gasteiger partial charge in [-0.2, -0.15) is 0 Å². The molecule has 12 rings (SSSR count). The topological polar surface area (TPSA) is 9.86 Å². The predicted octanol–water partition coefficient (Wildman–Crippen LogP) is 15.0. The van der Waals surface area contributed by atoms with Gasteiger partial charge in [0.1, 0.15) is 0 Å². The Hall–Kier alpha value is -7.20. The van der Waals surface area contributed by atoms with E-state index in [-0.39, 0.29) is 0 Å². The summed E-state index contributed by atoms with van der Waals surface area (Å²) in [5.41, 5.74) is 12.1. The number of para-hydroxylation sites is 3. The highest BCUT2D eigenvalue weighted by molar-refractivity contribution is 7.26. The molecule has 0 saturated carbocycles. The second-order valence-electron chi connectivity index (χ2n) is 14.9. The molecule has 57 heavy (non-hydrogen) atoms. The van der Waals surface area contributed by atoms with E-state index < -0.39 is 0 Å². The monoisotopic (exact) mass is 742 g/mol. The first-order valence-electron chi connectivity index (χ1n) is 19.5. The van der Waals surface area contributed by atoms with Crippen LogP contribution < -0.4 is 0 Å². The molecule has 2 nitrogen and oxygen atoms in total. The number of hydrogen-bond acceptors (Lipinski definition) is 1. The van der Waals surface area contributed by atoms with Gasteiger partial charge in [-0.1, -0.05) is 152 Å². The van der Waals surface area contributed by atoms with Crippen LogP contribution >= 0.6 is 11.3 Å². The van der Waals surface area contributed by atoms with E-state index in [0.717, 1.165) is 5.69 Å². The first-order chi connectivity index (χ1) is 28.3. The van der Waals surface area contributed by atoms with Crippen molar-refractivity contribution in [3.8, 4) is 11.4 Å². The fourth-order valence-electron chi connectivity index (χ4n) is 9.23. The van der Waals surface area contributed by atoms with Gasteiger partial charge in [0.15, 0.2) is 0 Å². The van der Waals surface area contributed by atoms with Crippen molar-refractivity contribution in [3.63, 3.8) is 0 Å². The zero-order valence-electron chi connectivity index (χ0n) is 30.9. The molecule has 0 N–H and O–H groups in total. The van der Waals surface area contributed by atoms with Gasteiger partial charge in [0.25, 0.3) is 0 Å². The fourth-order valence-corrected chi connectivity index (χ4v) is 10.6. The number of benzene rings is 9. The first-order valence-corrected chi connectivity index (χ1v) is 20.3. The molecule has 0 aliphatic carbocycles. The van der Waals surface area contributed by atoms with E-state index >= 15 is 0 Å². The van der Waals surface area contributed by atoms with Crippen molar-refractivity contribution in [2.24, 2.45) is 0 Å². The van der Waals surface area contributed by atoms with Gasteiger partial charge in [0.05, 0.1) is 32.5 Å². The van der Waals surface area contributed by atoms with Crippen LogP contribution in [0.3, 0.4) is 0 Å². The van der Waals surface area contributed by atoms with Crippen LogP contribution in [0, 0.1) is 0 Å². The molecule has 0 atom stereocenters. The molecule has 0 spiro atoms. The summed E-state index contributed by atoms with van der Waals surface area (Å²) in [6.07, 6.45) is 2.40. The Bertz CT molecular complexity index is 3510. The van der Waals surface area contributed by atoms with Crippen molar-refractivity contribution in [3.05, 3.63) is 217 Å². The number of fused-ring (bicyclic) bond motifs is 11. The largest absolute Gasteiger partial charge is 0.309 e. The van der Waals surface area contributed by atoms with E-state index in [4.69, 9.17) is 0 Å². The van der Waals surface area contributed by atoms with Gasteiger partial charge < -0.3 is 9.13 Å². The summed E-state index contributed by atoms with van der Waals surface area (Å²) in [5, 5.41) is 10.2. The Balaban J connectivity index is 1.11. The molecule has 3 aromatic heterocycles. The van der Waals surface area contributed by atoms with Crippen LogP contribution in [0.15, 0.2) is 200 Å². The lowest BCUT2D eigenvalue weighted by Crippen LogP contribution is -1.93. The summed E-state index contributed by atoms with van der Waals surface area (Å²) >= 11 is 1.91. The van der Waals surface area contributed by atoms with Gasteiger partial charge in [-0.15, -0.1) is 11.3 Å². The standard InChI is InChI=1S/C54H34N2S/c1-3-15-36(16-4-1)45(33-35-29-31-49-46(34-35)52-39-20-8-7-17-37(39)30-32-50(52)55(49)38-18-5-2-6-19-38)44-24-13-23-42-43-25-14-28-51(54(43)57-53(42)44)56-47-26-11-9-21-40(47)41-22-10-12-27-48(41)56/h1-34H/b45-33-. The van der Waals surface area contributed by atoms with Crippen LogP contribution in [0.5, 0.6) is 0 Å². The lowest BCUT2D eigenvalue weighted by atomic mass is 9.94. The quantitative estimate of drug-likeness (QED) is 0.155. The van der Waals surface area contributed by atoms with Crippen LogP contribution in [-0.4, -0.2) is 9.13 Å². The maximum atomic E-state index is 2.46. The summed E-state index contributed by atoms with van der Waals surface area (Å²) < 4.78 is 7.46. The van der Waals surface area contributed by atoms with Gasteiger partial charge in [0.2, 0.25) is 0 Å². The second-order valence-corrected chi connectivity index (χ2v) is 15.9. The van der Waals surface area contributed by atoms with E-state index in [0.29, 0.717) is 0 Å². The van der Waals surface area contributed by atoms with Gasteiger partial charge >= 0.3 is 0 Å². The van der Waals surface area contributed by atoms with Crippen molar-refractivity contribution < 1.29 is 0 Å². The highest BCUT2D eigenvalue weighted by Gasteiger charge is 2.20. The molecule has 0 radical (unpaired) electrons. The highest BCUT2D eigenvalue weighted by atomic mass is 32.1. The Morgan fingerprint density at radius 3 is 1.77 bits per heavy atom. The Morgan fingerprint density at radius 2 is 1.00 bits per heavy atom. The molecule has 3 heterocycles. The molecule has 0 amide bonds. The van der Waals surface area contributed by atoms with E-state index in [1.807, 2.05) is 11.3 Å². The Kier molecular flexibility index (Phi) is 7.13. The third kappa shape index (κ3) is 4.89. The van der Waals surface area contributed by atoms with Crippen LogP contribution in [-0.2, 0) is 0 Å². The normalized spacial score (nSPS) is 12.3. The van der Waals surface area contributed by atoms with E-state index in [9.17, 15) is 0 Å². The van der Waals surface area contributed by atoms with Crippen molar-refractivity contribution in [1.82, 2.24) is 9.13 Å². The first kappa shape index (κ1) is 32.1. The molecule has 0 aliphatic heterocycles. The average Bonchev–Trinajstić information content (AvgIpc) is 3.94. The average molecular weight is 743 g/mol. The van der Waals surface area contributed by atoms with Crippen LogP contribution in [0.4, 0.5) is 0 Å². The smallest absolute Gasteiger partial charge is 0.0640 e. The molecular weight excluding hydrogens is 709 g/mol. The maximum absolute atomic E-state index is 2.46. The Labute approximate surface area is 333 Å². The summed E-state index contributed by atoms with van der Waals surface area (Å²) in [7, 11) is 0. The van der Waals surface area contributed by atoms with Crippen molar-refractivity contribution in [2.75, 3.05) is 0 Å². The summed E-state index contributed by atoms with van der Waals surface area (Å²) in [4.78, 5) is 0. The molecule has 12 aromatic rings.